The first kappa shape index (κ1) is 22.2. The molecule has 0 aromatic heterocycles. The van der Waals surface area contributed by atoms with Crippen LogP contribution in [0.1, 0.15) is 19.3 Å². The van der Waals surface area contributed by atoms with E-state index in [1.807, 2.05) is 30.3 Å². The molecule has 8 heteroatoms. The Morgan fingerprint density at radius 3 is 2.28 bits per heavy atom. The standard InChI is InChI=1S/C21H26Cl3N3O2/c22-16-17(23)19(25)20(26)21(18(16)24)28-12-4-9-27-10-7-14(8-11-27)13-29-15-5-2-1-3-6-15/h1-3,5-6,14H,4,7-13,25-26H2. The van der Waals surface area contributed by atoms with Crippen molar-refractivity contribution in [1.82, 2.24) is 4.90 Å². The van der Waals surface area contributed by atoms with Gasteiger partial charge in [-0.05, 0) is 50.4 Å². The zero-order valence-corrected chi connectivity index (χ0v) is 18.4. The van der Waals surface area contributed by atoms with Gasteiger partial charge in [-0.15, -0.1) is 0 Å². The number of benzene rings is 2. The maximum atomic E-state index is 6.19. The van der Waals surface area contributed by atoms with Gasteiger partial charge in [0.25, 0.3) is 0 Å². The highest BCUT2D eigenvalue weighted by atomic mass is 35.5. The molecular weight excluding hydrogens is 433 g/mol. The number of nitrogen functional groups attached to an aromatic ring is 2. The van der Waals surface area contributed by atoms with Crippen LogP contribution in [0.2, 0.25) is 15.1 Å². The van der Waals surface area contributed by atoms with E-state index in [0.29, 0.717) is 18.3 Å². The number of hydrogen-bond acceptors (Lipinski definition) is 5. The Hall–Kier alpha value is -1.53. The molecular formula is C21H26Cl3N3O2. The first-order valence-corrected chi connectivity index (χ1v) is 10.8. The second-order valence-electron chi connectivity index (χ2n) is 7.21. The van der Waals surface area contributed by atoms with Crippen molar-refractivity contribution in [2.24, 2.45) is 5.92 Å². The van der Waals surface area contributed by atoms with Crippen LogP contribution in [-0.2, 0) is 0 Å². The summed E-state index contributed by atoms with van der Waals surface area (Å²) in [5, 5.41) is 0.512. The van der Waals surface area contributed by atoms with Crippen molar-refractivity contribution < 1.29 is 9.47 Å². The van der Waals surface area contributed by atoms with Crippen molar-refractivity contribution in [3.63, 3.8) is 0 Å². The number of piperidine rings is 1. The Morgan fingerprint density at radius 1 is 0.897 bits per heavy atom. The summed E-state index contributed by atoms with van der Waals surface area (Å²) >= 11 is 18.3. The molecule has 4 N–H and O–H groups in total. The molecule has 1 heterocycles. The van der Waals surface area contributed by atoms with Crippen LogP contribution < -0.4 is 20.9 Å². The molecule has 1 aliphatic rings. The number of hydrogen-bond donors (Lipinski definition) is 2. The van der Waals surface area contributed by atoms with Gasteiger partial charge in [-0.25, -0.2) is 0 Å². The maximum absolute atomic E-state index is 6.19. The van der Waals surface area contributed by atoms with Crippen molar-refractivity contribution in [2.45, 2.75) is 19.3 Å². The molecule has 1 fully saturated rings. The number of para-hydroxylation sites is 1. The van der Waals surface area contributed by atoms with Gasteiger partial charge in [0.05, 0.1) is 28.9 Å². The molecule has 5 nitrogen and oxygen atoms in total. The first-order chi connectivity index (χ1) is 14.0. The first-order valence-electron chi connectivity index (χ1n) is 9.71. The van der Waals surface area contributed by atoms with Gasteiger partial charge in [0.15, 0.2) is 5.75 Å². The molecule has 0 radical (unpaired) electrons. The molecule has 0 unspecified atom stereocenters. The highest BCUT2D eigenvalue weighted by Crippen LogP contribution is 2.46. The molecule has 2 aromatic carbocycles. The van der Waals surface area contributed by atoms with Crippen molar-refractivity contribution in [3.05, 3.63) is 45.4 Å². The Morgan fingerprint density at radius 2 is 1.59 bits per heavy atom. The second-order valence-corrected chi connectivity index (χ2v) is 8.34. The summed E-state index contributed by atoms with van der Waals surface area (Å²) in [5.74, 6) is 1.84. The van der Waals surface area contributed by atoms with E-state index in [2.05, 4.69) is 4.90 Å². The summed E-state index contributed by atoms with van der Waals surface area (Å²) in [6, 6.07) is 9.97. The lowest BCUT2D eigenvalue weighted by atomic mass is 9.98. The fraction of sp³-hybridized carbons (Fsp3) is 0.429. The zero-order valence-electron chi connectivity index (χ0n) is 16.2. The van der Waals surface area contributed by atoms with Gasteiger partial charge in [0, 0.05) is 6.54 Å². The lowest BCUT2D eigenvalue weighted by molar-refractivity contribution is 0.135. The minimum Gasteiger partial charge on any atom is -0.493 e. The maximum Gasteiger partial charge on any atom is 0.164 e. The molecule has 0 bridgehead atoms. The van der Waals surface area contributed by atoms with Crippen LogP contribution >= 0.6 is 34.8 Å². The summed E-state index contributed by atoms with van der Waals surface area (Å²) in [7, 11) is 0. The molecule has 158 valence electrons. The molecule has 0 atom stereocenters. The quantitative estimate of drug-likeness (QED) is 0.316. The molecule has 29 heavy (non-hydrogen) atoms. The lowest BCUT2D eigenvalue weighted by Crippen LogP contribution is -2.36. The second kappa shape index (κ2) is 10.5. The molecule has 2 aromatic rings. The van der Waals surface area contributed by atoms with E-state index in [1.54, 1.807) is 0 Å². The Kier molecular flexibility index (Phi) is 8.01. The van der Waals surface area contributed by atoms with E-state index in [0.717, 1.165) is 51.3 Å². The highest BCUT2D eigenvalue weighted by molar-refractivity contribution is 6.50. The third-order valence-electron chi connectivity index (χ3n) is 5.16. The summed E-state index contributed by atoms with van der Waals surface area (Å²) in [6.45, 7) is 4.31. The Labute approximate surface area is 186 Å². The minimum atomic E-state index is 0.153. The van der Waals surface area contributed by atoms with Crippen molar-refractivity contribution >= 4 is 46.2 Å². The van der Waals surface area contributed by atoms with Gasteiger partial charge >= 0.3 is 0 Å². The van der Waals surface area contributed by atoms with Crippen LogP contribution in [0.4, 0.5) is 11.4 Å². The van der Waals surface area contributed by atoms with Crippen LogP contribution in [0.25, 0.3) is 0 Å². The summed E-state index contributed by atoms with van der Waals surface area (Å²) in [4.78, 5) is 2.44. The largest absolute Gasteiger partial charge is 0.493 e. The van der Waals surface area contributed by atoms with Crippen LogP contribution in [0.3, 0.4) is 0 Å². The number of likely N-dealkylation sites (tertiary alicyclic amines) is 1. The van der Waals surface area contributed by atoms with Crippen LogP contribution in [0, 0.1) is 5.92 Å². The summed E-state index contributed by atoms with van der Waals surface area (Å²) < 4.78 is 11.6. The predicted octanol–water partition coefficient (Wildman–Crippen LogP) is 5.37. The summed E-state index contributed by atoms with van der Waals surface area (Å²) in [6.07, 6.45) is 3.12. The average molecular weight is 459 g/mol. The Balaban J connectivity index is 1.37. The summed E-state index contributed by atoms with van der Waals surface area (Å²) in [5.41, 5.74) is 12.2. The van der Waals surface area contributed by atoms with Gasteiger partial charge in [0.2, 0.25) is 0 Å². The SMILES string of the molecule is Nc1c(N)c(OCCCN2CCC(COc3ccccc3)CC2)c(Cl)c(Cl)c1Cl. The molecule has 0 saturated carbocycles. The van der Waals surface area contributed by atoms with Crippen molar-refractivity contribution in [3.8, 4) is 11.5 Å². The predicted molar refractivity (Wildman–Crippen MR) is 122 cm³/mol. The van der Waals surface area contributed by atoms with E-state index >= 15 is 0 Å². The zero-order chi connectivity index (χ0) is 20.8. The van der Waals surface area contributed by atoms with Gasteiger partial charge in [-0.3, -0.25) is 0 Å². The van der Waals surface area contributed by atoms with E-state index in [4.69, 9.17) is 55.7 Å². The lowest BCUT2D eigenvalue weighted by Gasteiger charge is -2.31. The average Bonchev–Trinajstić information content (AvgIpc) is 2.76. The van der Waals surface area contributed by atoms with Crippen LogP contribution in [0.15, 0.2) is 30.3 Å². The number of anilines is 2. The number of ether oxygens (including phenoxy) is 2. The fourth-order valence-electron chi connectivity index (χ4n) is 3.38. The normalized spacial score (nSPS) is 15.4. The molecule has 0 spiro atoms. The smallest absolute Gasteiger partial charge is 0.164 e. The van der Waals surface area contributed by atoms with E-state index in [9.17, 15) is 0 Å². The van der Waals surface area contributed by atoms with E-state index in [-0.39, 0.29) is 26.4 Å². The van der Waals surface area contributed by atoms with Crippen LogP contribution in [-0.4, -0.2) is 37.7 Å². The fourth-order valence-corrected chi connectivity index (χ4v) is 4.07. The van der Waals surface area contributed by atoms with E-state index in [1.165, 1.54) is 0 Å². The van der Waals surface area contributed by atoms with Gasteiger partial charge in [0.1, 0.15) is 16.5 Å². The molecule has 1 saturated heterocycles. The number of halogens is 3. The number of rotatable bonds is 8. The molecule has 3 rings (SSSR count). The van der Waals surface area contributed by atoms with Crippen molar-refractivity contribution in [1.29, 1.82) is 0 Å². The number of nitrogens with two attached hydrogens (primary N) is 2. The van der Waals surface area contributed by atoms with Gasteiger partial charge in [-0.1, -0.05) is 53.0 Å². The van der Waals surface area contributed by atoms with Gasteiger partial charge in [-0.2, -0.15) is 0 Å². The number of nitrogens with zero attached hydrogens (tertiary/aromatic N) is 1. The third-order valence-corrected chi connectivity index (χ3v) is 6.48. The Bertz CT molecular complexity index is 784. The van der Waals surface area contributed by atoms with Crippen molar-refractivity contribution in [2.75, 3.05) is 44.3 Å². The molecule has 0 aliphatic carbocycles. The monoisotopic (exact) mass is 457 g/mol. The van der Waals surface area contributed by atoms with Gasteiger partial charge < -0.3 is 25.8 Å². The third kappa shape index (κ3) is 5.76. The molecule has 0 amide bonds. The molecule has 1 aliphatic heterocycles. The highest BCUT2D eigenvalue weighted by Gasteiger charge is 2.21. The van der Waals surface area contributed by atoms with Crippen LogP contribution in [0.5, 0.6) is 11.5 Å². The minimum absolute atomic E-state index is 0.153. The van der Waals surface area contributed by atoms with E-state index < -0.39 is 0 Å². The topological polar surface area (TPSA) is 73.7 Å².